The number of nitrogens with two attached hydrogens (primary N) is 1. The van der Waals surface area contributed by atoms with E-state index in [4.69, 9.17) is 19.9 Å². The van der Waals surface area contributed by atoms with Gasteiger partial charge in [0.1, 0.15) is 18.2 Å². The molecule has 12 nitrogen and oxygen atoms in total. The minimum Gasteiger partial charge on any atom is -0.387 e. The van der Waals surface area contributed by atoms with Crippen LogP contribution >= 0.6 is 11.8 Å². The fourth-order valence-corrected chi connectivity index (χ4v) is 7.54. The van der Waals surface area contributed by atoms with Crippen LogP contribution in [0.3, 0.4) is 0 Å². The number of nitrogens with zero attached hydrogens (tertiary/aromatic N) is 3. The second-order valence-electron chi connectivity index (χ2n) is 13.0. The minimum atomic E-state index is -0.00963. The van der Waals surface area contributed by atoms with Gasteiger partial charge < -0.3 is 40.5 Å². The summed E-state index contributed by atoms with van der Waals surface area (Å²) in [6.45, 7) is 5.45. The van der Waals surface area contributed by atoms with Gasteiger partial charge in [-0.05, 0) is 48.2 Å². The van der Waals surface area contributed by atoms with E-state index in [1.54, 1.807) is 6.20 Å². The number of aromatic nitrogens is 2. The zero-order valence-corrected chi connectivity index (χ0v) is 31.2. The summed E-state index contributed by atoms with van der Waals surface area (Å²) >= 11 is 1.81. The Morgan fingerprint density at radius 3 is 2.57 bits per heavy atom. The number of aromatic amines is 1. The summed E-state index contributed by atoms with van der Waals surface area (Å²) in [5.74, 6) is 0.922. The monoisotopic (exact) mass is 740 g/mol. The van der Waals surface area contributed by atoms with Gasteiger partial charge in [-0.25, -0.2) is 4.99 Å². The van der Waals surface area contributed by atoms with E-state index < -0.39 is 0 Å². The zero-order valence-electron chi connectivity index (χ0n) is 30.4. The number of thioether (sulfide) groups is 1. The van der Waals surface area contributed by atoms with Gasteiger partial charge in [0.05, 0.1) is 67.7 Å². The molecule has 5 N–H and O–H groups in total. The highest BCUT2D eigenvalue weighted by molar-refractivity contribution is 8.03. The molecule has 0 aliphatic carbocycles. The smallest absolute Gasteiger partial charge is 0.220 e. The molecular weight excluding hydrogens is 691 g/mol. The quantitative estimate of drug-likeness (QED) is 0.0678. The van der Waals surface area contributed by atoms with Crippen molar-refractivity contribution >= 4 is 57.8 Å². The van der Waals surface area contributed by atoms with Crippen molar-refractivity contribution in [2.45, 2.75) is 50.1 Å². The van der Waals surface area contributed by atoms with Gasteiger partial charge in [0, 0.05) is 62.7 Å². The highest BCUT2D eigenvalue weighted by Gasteiger charge is 2.24. The summed E-state index contributed by atoms with van der Waals surface area (Å²) < 4.78 is 19.1. The Morgan fingerprint density at radius 2 is 1.74 bits per heavy atom. The Hall–Kier alpha value is -4.53. The maximum Gasteiger partial charge on any atom is 0.220 e. The van der Waals surface area contributed by atoms with Crippen LogP contribution in [0.1, 0.15) is 53.6 Å². The largest absolute Gasteiger partial charge is 0.387 e. The first-order chi connectivity index (χ1) is 26.0. The van der Waals surface area contributed by atoms with Crippen molar-refractivity contribution in [3.05, 3.63) is 88.7 Å². The Labute approximate surface area is 315 Å². The number of Topliss-reactive ketones (excluding diaryl/α,β-unsaturated/α-hetero) is 1. The van der Waals surface area contributed by atoms with Crippen molar-refractivity contribution in [2.75, 3.05) is 64.7 Å². The van der Waals surface area contributed by atoms with Crippen LogP contribution in [0.5, 0.6) is 0 Å². The third-order valence-electron chi connectivity index (χ3n) is 9.18. The van der Waals surface area contributed by atoms with E-state index in [2.05, 4.69) is 104 Å². The van der Waals surface area contributed by atoms with E-state index in [0.29, 0.717) is 82.9 Å². The van der Waals surface area contributed by atoms with Gasteiger partial charge in [-0.1, -0.05) is 36.0 Å². The van der Waals surface area contributed by atoms with E-state index in [-0.39, 0.29) is 18.1 Å². The summed E-state index contributed by atoms with van der Waals surface area (Å²) in [6, 6.07) is 19.3. The number of aliphatic imine (C=N–C) groups is 1. The molecule has 0 radical (unpaired) electrons. The number of ether oxygens (including phenoxy) is 3. The first kappa shape index (κ1) is 38.2. The first-order valence-electron chi connectivity index (χ1n) is 18.4. The van der Waals surface area contributed by atoms with Crippen LogP contribution in [0.25, 0.3) is 17.0 Å². The SMILES string of the molecule is CN1/C(=C/c2cc[n+](CCCCCC(=O)NCCOCCOCCOCCNCc3c[nH]c4c3C(=O)CC(N)=N4)c3ccccc23)Sc2ccccc21. The second-order valence-corrected chi connectivity index (χ2v) is 14.1. The standard InChI is InChI=1S/C40H49N7O5S/c1-46-33-11-6-7-12-35(33)53-38(46)25-29-14-18-47(32-10-5-4-9-31(29)32)17-8-2-3-13-37(49)43-16-20-51-22-24-52-23-21-50-19-15-42-27-30-28-44-40-39(30)34(48)26-36(41)45-40/h4-7,9-12,14,18,25,28,42H,2-3,8,13,15-17,19-24,26-27H2,1H3,(H3-,41,43,44,45,48,49)/p+1. The number of ketones is 1. The number of H-pyrrole nitrogens is 1. The number of nitrogens with one attached hydrogen (secondary N) is 3. The number of unbranched alkanes of at least 4 members (excludes halogenated alkanes) is 2. The molecule has 2 aliphatic heterocycles. The summed E-state index contributed by atoms with van der Waals surface area (Å²) in [4.78, 5) is 35.3. The van der Waals surface area contributed by atoms with Crippen LogP contribution in [-0.4, -0.2) is 82.3 Å². The number of amides is 1. The van der Waals surface area contributed by atoms with Gasteiger partial charge in [0.2, 0.25) is 11.4 Å². The molecule has 4 heterocycles. The number of benzene rings is 2. The van der Waals surface area contributed by atoms with E-state index in [0.717, 1.165) is 31.4 Å². The summed E-state index contributed by atoms with van der Waals surface area (Å²) in [5.41, 5.74) is 10.9. The normalized spacial score (nSPS) is 14.5. The van der Waals surface area contributed by atoms with Crippen LogP contribution in [0.2, 0.25) is 0 Å². The number of para-hydroxylation sites is 2. The molecule has 0 saturated heterocycles. The van der Waals surface area contributed by atoms with E-state index >= 15 is 0 Å². The molecule has 1 amide bonds. The van der Waals surface area contributed by atoms with Crippen molar-refractivity contribution in [1.82, 2.24) is 15.6 Å². The molecular formula is C40H50N7O5S+. The lowest BCUT2D eigenvalue weighted by atomic mass is 10.0. The van der Waals surface area contributed by atoms with Crippen molar-refractivity contribution in [3.63, 3.8) is 0 Å². The molecule has 0 atom stereocenters. The minimum absolute atomic E-state index is 0.00963. The maximum absolute atomic E-state index is 12.3. The molecule has 0 spiro atoms. The maximum atomic E-state index is 12.3. The van der Waals surface area contributed by atoms with E-state index in [1.807, 2.05) is 11.8 Å². The number of rotatable bonds is 21. The summed E-state index contributed by atoms with van der Waals surface area (Å²) in [7, 11) is 2.13. The van der Waals surface area contributed by atoms with Crippen molar-refractivity contribution < 1.29 is 28.4 Å². The van der Waals surface area contributed by atoms with Gasteiger partial charge in [-0.3, -0.25) is 9.59 Å². The van der Waals surface area contributed by atoms with Gasteiger partial charge >= 0.3 is 0 Å². The lowest BCUT2D eigenvalue weighted by molar-refractivity contribution is -0.671. The number of pyridine rings is 1. The Balaban J connectivity index is 0.761. The van der Waals surface area contributed by atoms with Gasteiger partial charge in [-0.2, -0.15) is 4.57 Å². The Morgan fingerprint density at radius 1 is 0.981 bits per heavy atom. The molecule has 4 aromatic rings. The summed E-state index contributed by atoms with van der Waals surface area (Å²) in [6.07, 6.45) is 9.78. The highest BCUT2D eigenvalue weighted by Crippen LogP contribution is 2.45. The number of fused-ring (bicyclic) bond motifs is 3. The van der Waals surface area contributed by atoms with E-state index in [9.17, 15) is 9.59 Å². The highest BCUT2D eigenvalue weighted by atomic mass is 32.2. The molecule has 0 unspecified atom stereocenters. The van der Waals surface area contributed by atoms with Gasteiger partial charge in [0.15, 0.2) is 12.0 Å². The number of carbonyl (C=O) groups is 2. The second kappa shape index (κ2) is 19.5. The number of carbonyl (C=O) groups excluding carboxylic acids is 2. The molecule has 2 aromatic carbocycles. The number of anilines is 1. The molecule has 2 aliphatic rings. The average molecular weight is 741 g/mol. The zero-order chi connectivity index (χ0) is 36.8. The fraction of sp³-hybridized carbons (Fsp3) is 0.400. The van der Waals surface area contributed by atoms with Crippen LogP contribution in [0.15, 0.2) is 81.9 Å². The van der Waals surface area contributed by atoms with Crippen LogP contribution < -0.4 is 25.8 Å². The number of hydrogen-bond donors (Lipinski definition) is 4. The predicted octanol–water partition coefficient (Wildman–Crippen LogP) is 5.09. The third kappa shape index (κ3) is 10.5. The number of amidine groups is 1. The third-order valence-corrected chi connectivity index (χ3v) is 10.3. The first-order valence-corrected chi connectivity index (χ1v) is 19.2. The summed E-state index contributed by atoms with van der Waals surface area (Å²) in [5, 5.41) is 8.68. The topological polar surface area (TPSA) is 147 Å². The molecule has 2 aromatic heterocycles. The Kier molecular flexibility index (Phi) is 14.1. The van der Waals surface area contributed by atoms with Gasteiger partial charge in [0.25, 0.3) is 0 Å². The number of aryl methyl sites for hydroxylation is 1. The molecule has 6 rings (SSSR count). The molecule has 0 saturated carbocycles. The molecule has 0 fully saturated rings. The molecule has 13 heteroatoms. The Bertz CT molecular complexity index is 1930. The average Bonchev–Trinajstić information content (AvgIpc) is 3.72. The van der Waals surface area contributed by atoms with Crippen LogP contribution in [-0.2, 0) is 32.1 Å². The fourth-order valence-electron chi connectivity index (χ4n) is 6.44. The molecule has 280 valence electrons. The van der Waals surface area contributed by atoms with Crippen LogP contribution in [0.4, 0.5) is 11.5 Å². The van der Waals surface area contributed by atoms with Crippen molar-refractivity contribution in [2.24, 2.45) is 10.7 Å². The lowest BCUT2D eigenvalue weighted by Gasteiger charge is -2.13. The van der Waals surface area contributed by atoms with Crippen molar-refractivity contribution in [1.29, 1.82) is 0 Å². The molecule has 0 bridgehead atoms. The van der Waals surface area contributed by atoms with Crippen LogP contribution in [0, 0.1) is 0 Å². The lowest BCUT2D eigenvalue weighted by Crippen LogP contribution is -2.34. The predicted molar refractivity (Wildman–Crippen MR) is 209 cm³/mol. The van der Waals surface area contributed by atoms with E-state index in [1.165, 1.54) is 32.1 Å². The number of hydrogen-bond acceptors (Lipinski definition) is 10. The van der Waals surface area contributed by atoms with Gasteiger partial charge in [-0.15, -0.1) is 0 Å². The molecule has 53 heavy (non-hydrogen) atoms. The van der Waals surface area contributed by atoms with Crippen molar-refractivity contribution in [3.8, 4) is 0 Å².